The Bertz CT molecular complexity index is 727. The standard InChI is InChI=1S/C19H24FN3O/c1-5-23(6-2)15-10-11-17(13(3)12-15)21-19(24)22-18-9-7-8-16(20)14(18)4/h7-12H,5-6H2,1-4H3,(H2,21,22,24). The molecule has 0 atom stereocenters. The van der Waals surface area contributed by atoms with Gasteiger partial charge in [-0.2, -0.15) is 0 Å². The number of nitrogens with one attached hydrogen (secondary N) is 2. The quantitative estimate of drug-likeness (QED) is 0.816. The molecule has 0 aliphatic carbocycles. The van der Waals surface area contributed by atoms with Gasteiger partial charge in [0, 0.05) is 35.7 Å². The molecular formula is C19H24FN3O. The fourth-order valence-electron chi connectivity index (χ4n) is 2.59. The lowest BCUT2D eigenvalue weighted by atomic mass is 10.1. The number of benzene rings is 2. The van der Waals surface area contributed by atoms with Crippen LogP contribution in [0.2, 0.25) is 0 Å². The van der Waals surface area contributed by atoms with Crippen molar-refractivity contribution in [3.8, 4) is 0 Å². The molecule has 128 valence electrons. The summed E-state index contributed by atoms with van der Waals surface area (Å²) in [5.74, 6) is -0.340. The molecule has 5 heteroatoms. The number of aryl methyl sites for hydroxylation is 1. The van der Waals surface area contributed by atoms with Gasteiger partial charge in [-0.05, 0) is 63.6 Å². The van der Waals surface area contributed by atoms with Crippen LogP contribution in [0.3, 0.4) is 0 Å². The molecule has 24 heavy (non-hydrogen) atoms. The summed E-state index contributed by atoms with van der Waals surface area (Å²) in [6.45, 7) is 9.68. The molecule has 0 fully saturated rings. The predicted octanol–water partition coefficient (Wildman–Crippen LogP) is 4.93. The minimum Gasteiger partial charge on any atom is -0.372 e. The van der Waals surface area contributed by atoms with Gasteiger partial charge in [-0.25, -0.2) is 9.18 Å². The van der Waals surface area contributed by atoms with Crippen LogP contribution in [0.4, 0.5) is 26.2 Å². The second-order valence-electron chi connectivity index (χ2n) is 5.66. The van der Waals surface area contributed by atoms with Crippen LogP contribution in [0.1, 0.15) is 25.0 Å². The number of carbonyl (C=O) groups excluding carboxylic acids is 1. The van der Waals surface area contributed by atoms with E-state index in [1.807, 2.05) is 19.1 Å². The first kappa shape index (κ1) is 17.8. The number of carbonyl (C=O) groups is 1. The van der Waals surface area contributed by atoms with Crippen LogP contribution in [0, 0.1) is 19.7 Å². The van der Waals surface area contributed by atoms with E-state index in [2.05, 4.69) is 35.4 Å². The Morgan fingerprint density at radius 1 is 1.04 bits per heavy atom. The van der Waals surface area contributed by atoms with Crippen LogP contribution in [-0.2, 0) is 0 Å². The number of halogens is 1. The molecule has 0 bridgehead atoms. The van der Waals surface area contributed by atoms with Gasteiger partial charge < -0.3 is 15.5 Å². The Morgan fingerprint density at radius 2 is 1.71 bits per heavy atom. The third-order valence-corrected chi connectivity index (χ3v) is 4.10. The molecule has 0 aliphatic rings. The molecule has 2 N–H and O–H groups in total. The summed E-state index contributed by atoms with van der Waals surface area (Å²) in [5, 5.41) is 5.50. The fraction of sp³-hybridized carbons (Fsp3) is 0.316. The van der Waals surface area contributed by atoms with E-state index in [1.54, 1.807) is 19.1 Å². The van der Waals surface area contributed by atoms with Gasteiger partial charge in [0.05, 0.1) is 0 Å². The monoisotopic (exact) mass is 329 g/mol. The number of hydrogen-bond donors (Lipinski definition) is 2. The number of urea groups is 1. The number of rotatable bonds is 5. The summed E-state index contributed by atoms with van der Waals surface area (Å²) in [5.41, 5.74) is 3.72. The normalized spacial score (nSPS) is 10.4. The van der Waals surface area contributed by atoms with Crippen molar-refractivity contribution in [2.45, 2.75) is 27.7 Å². The summed E-state index contributed by atoms with van der Waals surface area (Å²) >= 11 is 0. The van der Waals surface area contributed by atoms with E-state index in [-0.39, 0.29) is 11.8 Å². The lowest BCUT2D eigenvalue weighted by Gasteiger charge is -2.22. The minimum absolute atomic E-state index is 0.340. The Balaban J connectivity index is 2.10. The number of hydrogen-bond acceptors (Lipinski definition) is 2. The highest BCUT2D eigenvalue weighted by atomic mass is 19.1. The zero-order valence-corrected chi connectivity index (χ0v) is 14.6. The number of anilines is 3. The maximum atomic E-state index is 13.5. The second-order valence-corrected chi connectivity index (χ2v) is 5.66. The van der Waals surface area contributed by atoms with Crippen molar-refractivity contribution in [2.24, 2.45) is 0 Å². The highest BCUT2D eigenvalue weighted by molar-refractivity contribution is 6.00. The van der Waals surface area contributed by atoms with Gasteiger partial charge in [-0.3, -0.25) is 0 Å². The van der Waals surface area contributed by atoms with Crippen molar-refractivity contribution in [3.63, 3.8) is 0 Å². The van der Waals surface area contributed by atoms with Gasteiger partial charge in [0.15, 0.2) is 0 Å². The zero-order valence-electron chi connectivity index (χ0n) is 14.6. The first-order valence-electron chi connectivity index (χ1n) is 8.15. The average molecular weight is 329 g/mol. The van der Waals surface area contributed by atoms with Crippen LogP contribution in [0.25, 0.3) is 0 Å². The molecule has 0 spiro atoms. The fourth-order valence-corrected chi connectivity index (χ4v) is 2.59. The smallest absolute Gasteiger partial charge is 0.323 e. The third kappa shape index (κ3) is 4.04. The number of amides is 2. The molecule has 2 amide bonds. The van der Waals surface area contributed by atoms with E-state index in [4.69, 9.17) is 0 Å². The van der Waals surface area contributed by atoms with Crippen molar-refractivity contribution in [1.82, 2.24) is 0 Å². The molecule has 0 unspecified atom stereocenters. The van der Waals surface area contributed by atoms with E-state index in [1.165, 1.54) is 6.07 Å². The molecule has 0 radical (unpaired) electrons. The molecule has 0 aliphatic heterocycles. The molecule has 0 saturated carbocycles. The lowest BCUT2D eigenvalue weighted by molar-refractivity contribution is 0.262. The molecule has 2 aromatic rings. The molecule has 2 aromatic carbocycles. The van der Waals surface area contributed by atoms with Gasteiger partial charge in [-0.15, -0.1) is 0 Å². The Labute approximate surface area is 142 Å². The summed E-state index contributed by atoms with van der Waals surface area (Å²) < 4.78 is 13.5. The first-order chi connectivity index (χ1) is 11.5. The lowest BCUT2D eigenvalue weighted by Crippen LogP contribution is -2.23. The first-order valence-corrected chi connectivity index (χ1v) is 8.15. The van der Waals surface area contributed by atoms with Gasteiger partial charge in [0.25, 0.3) is 0 Å². The SMILES string of the molecule is CCN(CC)c1ccc(NC(=O)Nc2cccc(F)c2C)c(C)c1. The Kier molecular flexibility index (Phi) is 5.79. The summed E-state index contributed by atoms with van der Waals surface area (Å²) in [6.07, 6.45) is 0. The van der Waals surface area contributed by atoms with Crippen LogP contribution < -0.4 is 15.5 Å². The largest absolute Gasteiger partial charge is 0.372 e. The van der Waals surface area contributed by atoms with Crippen LogP contribution in [0.5, 0.6) is 0 Å². The van der Waals surface area contributed by atoms with Gasteiger partial charge >= 0.3 is 6.03 Å². The Hall–Kier alpha value is -2.56. The van der Waals surface area contributed by atoms with E-state index >= 15 is 0 Å². The van der Waals surface area contributed by atoms with Gasteiger partial charge in [0.1, 0.15) is 5.82 Å². The average Bonchev–Trinajstić information content (AvgIpc) is 2.55. The summed E-state index contributed by atoms with van der Waals surface area (Å²) in [7, 11) is 0. The highest BCUT2D eigenvalue weighted by Gasteiger charge is 2.10. The number of nitrogens with zero attached hydrogens (tertiary/aromatic N) is 1. The van der Waals surface area contributed by atoms with Crippen molar-refractivity contribution in [3.05, 3.63) is 53.3 Å². The maximum Gasteiger partial charge on any atom is 0.323 e. The second kappa shape index (κ2) is 7.81. The molecule has 0 aromatic heterocycles. The topological polar surface area (TPSA) is 44.4 Å². The van der Waals surface area contributed by atoms with Crippen molar-refractivity contribution in [2.75, 3.05) is 28.6 Å². The van der Waals surface area contributed by atoms with Gasteiger partial charge in [0.2, 0.25) is 0 Å². The molecule has 4 nitrogen and oxygen atoms in total. The van der Waals surface area contributed by atoms with E-state index in [0.717, 1.165) is 30.0 Å². The maximum absolute atomic E-state index is 13.5. The van der Waals surface area contributed by atoms with Crippen LogP contribution in [-0.4, -0.2) is 19.1 Å². The molecular weight excluding hydrogens is 305 g/mol. The van der Waals surface area contributed by atoms with Crippen molar-refractivity contribution >= 4 is 23.1 Å². The summed E-state index contributed by atoms with van der Waals surface area (Å²) in [4.78, 5) is 14.4. The van der Waals surface area contributed by atoms with E-state index in [0.29, 0.717) is 11.3 Å². The van der Waals surface area contributed by atoms with Crippen LogP contribution >= 0.6 is 0 Å². The highest BCUT2D eigenvalue weighted by Crippen LogP contribution is 2.23. The predicted molar refractivity (Wildman–Crippen MR) is 98.5 cm³/mol. The van der Waals surface area contributed by atoms with E-state index in [9.17, 15) is 9.18 Å². The van der Waals surface area contributed by atoms with Crippen LogP contribution in [0.15, 0.2) is 36.4 Å². The molecule has 2 rings (SSSR count). The molecule has 0 saturated heterocycles. The third-order valence-electron chi connectivity index (χ3n) is 4.10. The Morgan fingerprint density at radius 3 is 2.33 bits per heavy atom. The van der Waals surface area contributed by atoms with Crippen molar-refractivity contribution < 1.29 is 9.18 Å². The zero-order chi connectivity index (χ0) is 17.7. The van der Waals surface area contributed by atoms with E-state index < -0.39 is 0 Å². The minimum atomic E-state index is -0.387. The van der Waals surface area contributed by atoms with Crippen molar-refractivity contribution in [1.29, 1.82) is 0 Å². The van der Waals surface area contributed by atoms with Gasteiger partial charge in [-0.1, -0.05) is 6.07 Å². The summed E-state index contributed by atoms with van der Waals surface area (Å²) in [6, 6.07) is 10.2. The molecule has 0 heterocycles.